The maximum Gasteiger partial charge on any atom is 0.160 e. The van der Waals surface area contributed by atoms with Crippen LogP contribution in [0.5, 0.6) is 5.75 Å². The van der Waals surface area contributed by atoms with E-state index in [4.69, 9.17) is 9.57 Å². The topological polar surface area (TPSA) is 63.1 Å². The molecule has 0 aliphatic carbocycles. The molecule has 0 bridgehead atoms. The summed E-state index contributed by atoms with van der Waals surface area (Å²) in [5, 5.41) is 17.6. The van der Waals surface area contributed by atoms with Gasteiger partial charge < -0.3 is 20.0 Å². The zero-order valence-electron chi connectivity index (χ0n) is 13.1. The predicted octanol–water partition coefficient (Wildman–Crippen LogP) is 1.94. The largest absolute Gasteiger partial charge is 0.497 e. The van der Waals surface area contributed by atoms with Crippen LogP contribution >= 0.6 is 0 Å². The minimum Gasteiger partial charge on any atom is -0.497 e. The number of benzene rings is 1. The first-order chi connectivity index (χ1) is 9.89. The van der Waals surface area contributed by atoms with Gasteiger partial charge in [0.1, 0.15) is 11.9 Å². The van der Waals surface area contributed by atoms with Crippen molar-refractivity contribution < 1.29 is 14.7 Å². The lowest BCUT2D eigenvalue weighted by molar-refractivity contribution is -0.0181. The Hall–Kier alpha value is -1.59. The number of hydrogen-bond acceptors (Lipinski definition) is 5. The third-order valence-electron chi connectivity index (χ3n) is 3.37. The number of rotatable bonds is 5. The van der Waals surface area contributed by atoms with E-state index in [1.165, 1.54) is 0 Å². The van der Waals surface area contributed by atoms with Gasteiger partial charge >= 0.3 is 0 Å². The number of aliphatic hydroxyl groups excluding tert-OH is 1. The number of ether oxygens (including phenoxy) is 1. The zero-order valence-corrected chi connectivity index (χ0v) is 13.1. The summed E-state index contributed by atoms with van der Waals surface area (Å²) in [5.74, 6) is 0.786. The number of hydrogen-bond donors (Lipinski definition) is 2. The van der Waals surface area contributed by atoms with Gasteiger partial charge in [0.2, 0.25) is 0 Å². The van der Waals surface area contributed by atoms with Gasteiger partial charge in [0.25, 0.3) is 0 Å². The molecule has 0 amide bonds. The Morgan fingerprint density at radius 2 is 2.24 bits per heavy atom. The molecule has 1 aromatic rings. The maximum atomic E-state index is 10.2. The third kappa shape index (κ3) is 4.44. The first-order valence-electron chi connectivity index (χ1n) is 7.19. The molecule has 0 spiro atoms. The molecule has 2 rings (SSSR count). The highest BCUT2D eigenvalue weighted by atomic mass is 16.7. The van der Waals surface area contributed by atoms with E-state index in [1.807, 2.05) is 24.3 Å². The van der Waals surface area contributed by atoms with Crippen LogP contribution in [0.1, 0.15) is 32.8 Å². The number of aliphatic hydroxyl groups is 1. The first-order valence-corrected chi connectivity index (χ1v) is 7.19. The van der Waals surface area contributed by atoms with Crippen molar-refractivity contribution in [1.82, 2.24) is 5.32 Å². The molecule has 0 aromatic heterocycles. The van der Waals surface area contributed by atoms with Gasteiger partial charge in [-0.2, -0.15) is 0 Å². The van der Waals surface area contributed by atoms with Crippen LogP contribution in [0, 0.1) is 0 Å². The fourth-order valence-corrected chi connectivity index (χ4v) is 2.12. The SMILES string of the molecule is COc1cccc(C2=NO[C@@H]([C@@H](O)CNC(C)(C)C)C2)c1. The smallest absolute Gasteiger partial charge is 0.160 e. The van der Waals surface area contributed by atoms with Crippen molar-refractivity contribution in [3.05, 3.63) is 29.8 Å². The van der Waals surface area contributed by atoms with Crippen molar-refractivity contribution in [2.45, 2.75) is 44.9 Å². The highest BCUT2D eigenvalue weighted by molar-refractivity contribution is 6.01. The summed E-state index contributed by atoms with van der Waals surface area (Å²) in [4.78, 5) is 5.38. The summed E-state index contributed by atoms with van der Waals surface area (Å²) in [6, 6.07) is 7.69. The molecule has 0 saturated carbocycles. The van der Waals surface area contributed by atoms with Crippen molar-refractivity contribution in [2.75, 3.05) is 13.7 Å². The molecule has 2 N–H and O–H groups in total. The molecule has 21 heavy (non-hydrogen) atoms. The summed E-state index contributed by atoms with van der Waals surface area (Å²) < 4.78 is 5.21. The molecule has 0 saturated heterocycles. The quantitative estimate of drug-likeness (QED) is 0.870. The molecular formula is C16H24N2O3. The second-order valence-corrected chi connectivity index (χ2v) is 6.32. The molecular weight excluding hydrogens is 268 g/mol. The van der Waals surface area contributed by atoms with E-state index in [0.717, 1.165) is 17.0 Å². The summed E-state index contributed by atoms with van der Waals surface area (Å²) in [6.45, 7) is 6.67. The van der Waals surface area contributed by atoms with Gasteiger partial charge in [0, 0.05) is 24.1 Å². The van der Waals surface area contributed by atoms with Gasteiger partial charge in [0.15, 0.2) is 6.10 Å². The van der Waals surface area contributed by atoms with Gasteiger partial charge in [-0.25, -0.2) is 0 Å². The van der Waals surface area contributed by atoms with Crippen molar-refractivity contribution in [3.63, 3.8) is 0 Å². The second kappa shape index (κ2) is 6.45. The van der Waals surface area contributed by atoms with Crippen molar-refractivity contribution in [3.8, 4) is 5.75 Å². The van der Waals surface area contributed by atoms with E-state index in [0.29, 0.717) is 13.0 Å². The number of nitrogens with zero attached hydrogens (tertiary/aromatic N) is 1. The van der Waals surface area contributed by atoms with Gasteiger partial charge in [0.05, 0.1) is 12.8 Å². The highest BCUT2D eigenvalue weighted by Crippen LogP contribution is 2.22. The Balaban J connectivity index is 1.93. The summed E-state index contributed by atoms with van der Waals surface area (Å²) in [7, 11) is 1.64. The molecule has 0 fully saturated rings. The van der Waals surface area contributed by atoms with Crippen LogP contribution in [-0.4, -0.2) is 42.2 Å². The molecule has 1 aromatic carbocycles. The van der Waals surface area contributed by atoms with Gasteiger partial charge in [-0.1, -0.05) is 17.3 Å². The van der Waals surface area contributed by atoms with Crippen LogP contribution < -0.4 is 10.1 Å². The zero-order chi connectivity index (χ0) is 15.5. The molecule has 0 radical (unpaired) electrons. The molecule has 1 heterocycles. The van der Waals surface area contributed by atoms with E-state index in [-0.39, 0.29) is 11.6 Å². The Morgan fingerprint density at radius 3 is 2.90 bits per heavy atom. The summed E-state index contributed by atoms with van der Waals surface area (Å²) in [6.07, 6.45) is -0.294. The average molecular weight is 292 g/mol. The lowest BCUT2D eigenvalue weighted by Crippen LogP contribution is -2.44. The second-order valence-electron chi connectivity index (χ2n) is 6.32. The van der Waals surface area contributed by atoms with E-state index < -0.39 is 6.10 Å². The molecule has 0 unspecified atom stereocenters. The van der Waals surface area contributed by atoms with E-state index in [1.54, 1.807) is 7.11 Å². The van der Waals surface area contributed by atoms with Crippen molar-refractivity contribution in [2.24, 2.45) is 5.16 Å². The van der Waals surface area contributed by atoms with E-state index in [2.05, 4.69) is 31.2 Å². The summed E-state index contributed by atoms with van der Waals surface area (Å²) >= 11 is 0. The third-order valence-corrected chi connectivity index (χ3v) is 3.37. The van der Waals surface area contributed by atoms with Crippen LogP contribution in [0.25, 0.3) is 0 Å². The molecule has 2 atom stereocenters. The summed E-state index contributed by atoms with van der Waals surface area (Å²) in [5.41, 5.74) is 1.78. The molecule has 1 aliphatic heterocycles. The molecule has 5 heteroatoms. The van der Waals surface area contributed by atoms with Crippen LogP contribution in [0.3, 0.4) is 0 Å². The maximum absolute atomic E-state index is 10.2. The van der Waals surface area contributed by atoms with Crippen LogP contribution in [-0.2, 0) is 4.84 Å². The van der Waals surface area contributed by atoms with Crippen LogP contribution in [0.15, 0.2) is 29.4 Å². The van der Waals surface area contributed by atoms with E-state index >= 15 is 0 Å². The lowest BCUT2D eigenvalue weighted by Gasteiger charge is -2.24. The number of nitrogens with one attached hydrogen (secondary N) is 1. The molecule has 5 nitrogen and oxygen atoms in total. The van der Waals surface area contributed by atoms with Crippen molar-refractivity contribution >= 4 is 5.71 Å². The number of β-amino-alcohol motifs (C(OH)–C–C–N with tert-alkyl or cyclic N) is 1. The Morgan fingerprint density at radius 1 is 1.48 bits per heavy atom. The van der Waals surface area contributed by atoms with Gasteiger partial charge in [-0.15, -0.1) is 0 Å². The first kappa shape index (κ1) is 15.8. The van der Waals surface area contributed by atoms with Gasteiger partial charge in [-0.05, 0) is 32.9 Å². The van der Waals surface area contributed by atoms with Crippen LogP contribution in [0.2, 0.25) is 0 Å². The minimum absolute atomic E-state index is 0.0317. The minimum atomic E-state index is -0.587. The number of methoxy groups -OCH3 is 1. The van der Waals surface area contributed by atoms with Crippen LogP contribution in [0.4, 0.5) is 0 Å². The predicted molar refractivity (Wildman–Crippen MR) is 82.8 cm³/mol. The Kier molecular flexibility index (Phi) is 4.85. The normalized spacial score (nSPS) is 19.9. The Labute approximate surface area is 125 Å². The van der Waals surface area contributed by atoms with Gasteiger partial charge in [-0.3, -0.25) is 0 Å². The molecule has 116 valence electrons. The Bertz CT molecular complexity index is 508. The monoisotopic (exact) mass is 292 g/mol. The highest BCUT2D eigenvalue weighted by Gasteiger charge is 2.29. The fraction of sp³-hybridized carbons (Fsp3) is 0.562. The lowest BCUT2D eigenvalue weighted by atomic mass is 10.0. The fourth-order valence-electron chi connectivity index (χ4n) is 2.12. The van der Waals surface area contributed by atoms with Crippen molar-refractivity contribution in [1.29, 1.82) is 0 Å². The average Bonchev–Trinajstić information content (AvgIpc) is 2.94. The standard InChI is InChI=1S/C16H24N2O3/c1-16(2,3)17-10-14(19)15-9-13(18-21-15)11-6-5-7-12(8-11)20-4/h5-8,14-15,17,19H,9-10H2,1-4H3/t14-,15+/m0/s1. The number of oxime groups is 1. The molecule has 1 aliphatic rings. The van der Waals surface area contributed by atoms with E-state index in [9.17, 15) is 5.11 Å².